The van der Waals surface area contributed by atoms with Crippen LogP contribution in [0.5, 0.6) is 5.88 Å². The first-order valence-corrected chi connectivity index (χ1v) is 11.8. The van der Waals surface area contributed by atoms with E-state index in [4.69, 9.17) is 17.6 Å². The molecule has 0 aliphatic heterocycles. The van der Waals surface area contributed by atoms with Gasteiger partial charge in [-0.3, -0.25) is 0 Å². The normalized spacial score (nSPS) is 14.0. The van der Waals surface area contributed by atoms with Crippen LogP contribution >= 0.6 is 0 Å². The molecule has 178 valence electrons. The standard InChI is InChI=1S/C29H29BF2N2O/c1-4-33-15-14-29(2,24-12-11-22(31)18-25(24)32)27(19-8-6-5-7-9-19)23-17-20-16-21(30)10-13-26(20)34-28(23)35-3/h5-13,16-18,27,33H,4,14-15H2,1-3H3/t27?,29-/m0/s1. The Bertz CT molecular complexity index is 1320. The van der Waals surface area contributed by atoms with Crippen LogP contribution < -0.4 is 15.5 Å². The van der Waals surface area contributed by atoms with E-state index < -0.39 is 17.0 Å². The molecule has 1 heterocycles. The van der Waals surface area contributed by atoms with Crippen molar-refractivity contribution < 1.29 is 13.5 Å². The molecule has 0 amide bonds. The van der Waals surface area contributed by atoms with Gasteiger partial charge in [-0.15, -0.1) is 0 Å². The summed E-state index contributed by atoms with van der Waals surface area (Å²) in [4.78, 5) is 4.77. The highest BCUT2D eigenvalue weighted by Gasteiger charge is 2.41. The number of hydrogen-bond acceptors (Lipinski definition) is 3. The van der Waals surface area contributed by atoms with Gasteiger partial charge in [0.05, 0.1) is 12.6 Å². The highest BCUT2D eigenvalue weighted by Crippen LogP contribution is 2.49. The van der Waals surface area contributed by atoms with E-state index in [1.807, 2.05) is 62.4 Å². The molecule has 6 heteroatoms. The number of pyridine rings is 1. The van der Waals surface area contributed by atoms with E-state index in [0.717, 1.165) is 34.6 Å². The molecule has 3 aromatic carbocycles. The van der Waals surface area contributed by atoms with Crippen LogP contribution in [0.1, 0.15) is 42.9 Å². The third kappa shape index (κ3) is 5.08. The van der Waals surface area contributed by atoms with Crippen LogP contribution in [0.3, 0.4) is 0 Å². The Morgan fingerprint density at radius 2 is 1.80 bits per heavy atom. The number of aromatic nitrogens is 1. The fourth-order valence-electron chi connectivity index (χ4n) is 5.01. The van der Waals surface area contributed by atoms with Crippen molar-refractivity contribution in [3.05, 3.63) is 101 Å². The largest absolute Gasteiger partial charge is 0.481 e. The van der Waals surface area contributed by atoms with Crippen molar-refractivity contribution >= 4 is 24.2 Å². The molecule has 1 aromatic heterocycles. The van der Waals surface area contributed by atoms with Crippen molar-refractivity contribution in [2.24, 2.45) is 0 Å². The molecule has 0 saturated heterocycles. The number of fused-ring (bicyclic) bond motifs is 1. The van der Waals surface area contributed by atoms with Gasteiger partial charge in [-0.05, 0) is 48.8 Å². The molecule has 3 nitrogen and oxygen atoms in total. The average molecular weight is 470 g/mol. The lowest BCUT2D eigenvalue weighted by molar-refractivity contribution is 0.340. The minimum absolute atomic E-state index is 0.337. The fraction of sp³-hybridized carbons (Fsp3) is 0.276. The topological polar surface area (TPSA) is 34.1 Å². The van der Waals surface area contributed by atoms with Crippen LogP contribution in [0.4, 0.5) is 8.78 Å². The number of nitrogens with zero attached hydrogens (tertiary/aromatic N) is 1. The van der Waals surface area contributed by atoms with Gasteiger partial charge in [0.2, 0.25) is 5.88 Å². The Balaban J connectivity index is 2.02. The molecule has 0 fully saturated rings. The summed E-state index contributed by atoms with van der Waals surface area (Å²) < 4.78 is 35.1. The van der Waals surface area contributed by atoms with Crippen molar-refractivity contribution in [1.29, 1.82) is 0 Å². The molecule has 1 N–H and O–H groups in total. The van der Waals surface area contributed by atoms with Crippen molar-refractivity contribution in [2.45, 2.75) is 31.6 Å². The maximum atomic E-state index is 15.4. The van der Waals surface area contributed by atoms with Crippen LogP contribution in [0.2, 0.25) is 0 Å². The maximum Gasteiger partial charge on any atom is 0.217 e. The first-order valence-electron chi connectivity index (χ1n) is 11.8. The number of ether oxygens (including phenoxy) is 1. The van der Waals surface area contributed by atoms with E-state index >= 15 is 4.39 Å². The Kier molecular flexibility index (Phi) is 7.51. The molecule has 35 heavy (non-hydrogen) atoms. The summed E-state index contributed by atoms with van der Waals surface area (Å²) in [5, 5.41) is 4.24. The summed E-state index contributed by atoms with van der Waals surface area (Å²) in [5.74, 6) is -1.04. The number of methoxy groups -OCH3 is 1. The molecule has 0 bridgehead atoms. The molecule has 0 spiro atoms. The Labute approximate surface area is 207 Å². The van der Waals surface area contributed by atoms with Crippen molar-refractivity contribution in [3.63, 3.8) is 0 Å². The van der Waals surface area contributed by atoms with Crippen LogP contribution in [-0.4, -0.2) is 33.0 Å². The van der Waals surface area contributed by atoms with E-state index in [9.17, 15) is 4.39 Å². The average Bonchev–Trinajstić information content (AvgIpc) is 2.84. The number of hydrogen-bond donors (Lipinski definition) is 1. The molecule has 4 rings (SSSR count). The first-order chi connectivity index (χ1) is 16.9. The van der Waals surface area contributed by atoms with Gasteiger partial charge >= 0.3 is 0 Å². The van der Waals surface area contributed by atoms with Gasteiger partial charge in [0, 0.05) is 28.3 Å². The lowest BCUT2D eigenvalue weighted by Gasteiger charge is -2.40. The molecule has 0 aliphatic rings. The fourth-order valence-corrected chi connectivity index (χ4v) is 5.01. The van der Waals surface area contributed by atoms with Crippen LogP contribution in [0.25, 0.3) is 10.9 Å². The smallest absolute Gasteiger partial charge is 0.217 e. The predicted octanol–water partition coefficient (Wildman–Crippen LogP) is 5.40. The van der Waals surface area contributed by atoms with Crippen molar-refractivity contribution in [2.75, 3.05) is 20.2 Å². The second kappa shape index (κ2) is 10.6. The zero-order valence-electron chi connectivity index (χ0n) is 20.3. The molecular weight excluding hydrogens is 441 g/mol. The summed E-state index contributed by atoms with van der Waals surface area (Å²) in [6.07, 6.45) is 0.598. The van der Waals surface area contributed by atoms with Gasteiger partial charge in [-0.2, -0.15) is 0 Å². The monoisotopic (exact) mass is 470 g/mol. The third-order valence-electron chi connectivity index (χ3n) is 6.72. The molecule has 2 atom stereocenters. The van der Waals surface area contributed by atoms with E-state index in [1.54, 1.807) is 19.2 Å². The van der Waals surface area contributed by atoms with Gasteiger partial charge in [0.25, 0.3) is 0 Å². The van der Waals surface area contributed by atoms with Gasteiger partial charge in [0.15, 0.2) is 0 Å². The van der Waals surface area contributed by atoms with Gasteiger partial charge in [-0.25, -0.2) is 13.8 Å². The van der Waals surface area contributed by atoms with E-state index in [1.165, 1.54) is 6.07 Å². The van der Waals surface area contributed by atoms with Crippen molar-refractivity contribution in [1.82, 2.24) is 10.3 Å². The highest BCUT2D eigenvalue weighted by atomic mass is 19.1. The van der Waals surface area contributed by atoms with Crippen LogP contribution in [0.15, 0.2) is 72.8 Å². The zero-order chi connectivity index (χ0) is 25.0. The second-order valence-corrected chi connectivity index (χ2v) is 9.03. The number of benzene rings is 3. The highest BCUT2D eigenvalue weighted by molar-refractivity contribution is 6.33. The molecule has 0 saturated carbocycles. The lowest BCUT2D eigenvalue weighted by atomic mass is 9.64. The number of halogens is 2. The third-order valence-corrected chi connectivity index (χ3v) is 6.72. The summed E-state index contributed by atoms with van der Waals surface area (Å²) in [7, 11) is 7.66. The quantitative estimate of drug-likeness (QED) is 0.263. The minimum atomic E-state index is -0.760. The van der Waals surface area contributed by atoms with E-state index in [2.05, 4.69) is 5.32 Å². The number of rotatable bonds is 9. The summed E-state index contributed by atoms with van der Waals surface area (Å²) >= 11 is 0. The summed E-state index contributed by atoms with van der Waals surface area (Å²) in [6.45, 7) is 5.51. The second-order valence-electron chi connectivity index (χ2n) is 9.03. The van der Waals surface area contributed by atoms with Gasteiger partial charge in [0.1, 0.15) is 19.5 Å². The maximum absolute atomic E-state index is 15.4. The van der Waals surface area contributed by atoms with E-state index in [0.29, 0.717) is 29.9 Å². The molecule has 1 unspecified atom stereocenters. The van der Waals surface area contributed by atoms with Crippen LogP contribution in [0, 0.1) is 11.6 Å². The summed E-state index contributed by atoms with van der Waals surface area (Å²) in [6, 6.07) is 21.3. The summed E-state index contributed by atoms with van der Waals surface area (Å²) in [5.41, 5.74) is 2.88. The molecule has 2 radical (unpaired) electrons. The Morgan fingerprint density at radius 1 is 1.03 bits per heavy atom. The lowest BCUT2D eigenvalue weighted by Crippen LogP contribution is -2.36. The molecular formula is C29H29BF2N2O. The Hall–Kier alpha value is -3.25. The molecule has 0 aliphatic carbocycles. The van der Waals surface area contributed by atoms with Crippen LogP contribution in [-0.2, 0) is 5.41 Å². The zero-order valence-corrected chi connectivity index (χ0v) is 20.3. The molecule has 4 aromatic rings. The van der Waals surface area contributed by atoms with Crippen molar-refractivity contribution in [3.8, 4) is 5.88 Å². The van der Waals surface area contributed by atoms with Gasteiger partial charge < -0.3 is 10.1 Å². The first kappa shape index (κ1) is 24.9. The van der Waals surface area contributed by atoms with Gasteiger partial charge in [-0.1, -0.05) is 67.8 Å². The Morgan fingerprint density at radius 3 is 2.49 bits per heavy atom. The van der Waals surface area contributed by atoms with E-state index in [-0.39, 0.29) is 5.92 Å². The predicted molar refractivity (Wildman–Crippen MR) is 139 cm³/mol. The minimum Gasteiger partial charge on any atom is -0.481 e. The number of nitrogens with one attached hydrogen (secondary N) is 1. The SMILES string of the molecule is [B]c1ccc2nc(OC)c(C(c3ccccc3)[C@@](C)(CCNCC)c3ccc(F)cc3F)cc2c1.